The van der Waals surface area contributed by atoms with Gasteiger partial charge in [-0.15, -0.1) is 0 Å². The van der Waals surface area contributed by atoms with Crippen LogP contribution in [0.2, 0.25) is 0 Å². The first-order valence-electron chi connectivity index (χ1n) is 5.30. The lowest BCUT2D eigenvalue weighted by Gasteiger charge is -2.05. The van der Waals surface area contributed by atoms with Crippen LogP contribution in [-0.4, -0.2) is 16.1 Å². The van der Waals surface area contributed by atoms with E-state index < -0.39 is 5.97 Å². The molecule has 0 unspecified atom stereocenters. The van der Waals surface area contributed by atoms with Crippen LogP contribution in [0.3, 0.4) is 0 Å². The molecule has 98 valence electrons. The zero-order chi connectivity index (χ0) is 14.0. The number of carboxylic acids is 1. The zero-order valence-corrected chi connectivity index (χ0v) is 13.8. The van der Waals surface area contributed by atoms with Crippen molar-refractivity contribution in [1.82, 2.24) is 4.98 Å². The Hall–Kier alpha value is -0.850. The average Bonchev–Trinajstić information content (AvgIpc) is 2.36. The van der Waals surface area contributed by atoms with E-state index in [1.54, 1.807) is 18.3 Å². The first-order chi connectivity index (χ1) is 8.97. The Morgan fingerprint density at radius 1 is 1.26 bits per heavy atom. The summed E-state index contributed by atoms with van der Waals surface area (Å²) in [4.78, 5) is 16.2. The number of aromatic nitrogens is 1. The van der Waals surface area contributed by atoms with Crippen molar-refractivity contribution in [3.63, 3.8) is 0 Å². The van der Waals surface area contributed by atoms with Crippen molar-refractivity contribution in [1.29, 1.82) is 0 Å². The second-order valence-electron chi connectivity index (χ2n) is 3.82. The number of rotatable bonds is 3. The van der Waals surface area contributed by atoms with E-state index in [0.29, 0.717) is 4.47 Å². The third-order valence-electron chi connectivity index (χ3n) is 2.41. The van der Waals surface area contributed by atoms with Gasteiger partial charge in [-0.1, -0.05) is 11.8 Å². The summed E-state index contributed by atoms with van der Waals surface area (Å²) in [5.74, 6) is -0.950. The van der Waals surface area contributed by atoms with E-state index in [2.05, 4.69) is 36.8 Å². The van der Waals surface area contributed by atoms with E-state index in [1.165, 1.54) is 11.8 Å². The highest BCUT2D eigenvalue weighted by atomic mass is 79.9. The molecule has 0 saturated heterocycles. The van der Waals surface area contributed by atoms with Crippen LogP contribution in [0.4, 0.5) is 0 Å². The van der Waals surface area contributed by atoms with Crippen molar-refractivity contribution >= 4 is 49.6 Å². The summed E-state index contributed by atoms with van der Waals surface area (Å²) in [5.41, 5.74) is 1.34. The van der Waals surface area contributed by atoms with Gasteiger partial charge in [-0.25, -0.2) is 9.78 Å². The van der Waals surface area contributed by atoms with Gasteiger partial charge >= 0.3 is 5.97 Å². The number of nitrogens with zero attached hydrogens (tertiary/aromatic N) is 1. The van der Waals surface area contributed by atoms with E-state index in [4.69, 9.17) is 5.11 Å². The van der Waals surface area contributed by atoms with Crippen LogP contribution >= 0.6 is 43.6 Å². The summed E-state index contributed by atoms with van der Waals surface area (Å²) in [6, 6.07) is 7.19. The van der Waals surface area contributed by atoms with Crippen LogP contribution in [0.5, 0.6) is 0 Å². The van der Waals surface area contributed by atoms with Gasteiger partial charge < -0.3 is 5.11 Å². The van der Waals surface area contributed by atoms with Crippen molar-refractivity contribution in [2.45, 2.75) is 16.8 Å². The smallest absolute Gasteiger partial charge is 0.336 e. The van der Waals surface area contributed by atoms with Crippen molar-refractivity contribution < 1.29 is 9.90 Å². The normalized spacial score (nSPS) is 10.5. The molecule has 0 amide bonds. The Labute approximate surface area is 131 Å². The predicted octanol–water partition coefficient (Wildman–Crippen LogP) is 4.76. The maximum atomic E-state index is 11.1. The van der Waals surface area contributed by atoms with E-state index in [0.717, 1.165) is 20.0 Å². The lowest BCUT2D eigenvalue weighted by atomic mass is 10.2. The third-order valence-corrected chi connectivity index (χ3v) is 4.86. The quantitative estimate of drug-likeness (QED) is 0.803. The molecule has 1 aromatic heterocycles. The molecule has 1 heterocycles. The van der Waals surface area contributed by atoms with Crippen LogP contribution in [0.25, 0.3) is 0 Å². The van der Waals surface area contributed by atoms with Gasteiger partial charge in [0.1, 0.15) is 5.03 Å². The Kier molecular flexibility index (Phi) is 4.65. The number of hydrogen-bond acceptors (Lipinski definition) is 3. The zero-order valence-electron chi connectivity index (χ0n) is 9.85. The summed E-state index contributed by atoms with van der Waals surface area (Å²) in [7, 11) is 0. The fraction of sp³-hybridized carbons (Fsp3) is 0.0769. The molecule has 0 radical (unpaired) electrons. The number of pyridine rings is 1. The summed E-state index contributed by atoms with van der Waals surface area (Å²) in [6.07, 6.45) is 1.74. The van der Waals surface area contributed by atoms with Crippen LogP contribution in [0, 0.1) is 6.92 Å². The Balaban J connectivity index is 2.30. The number of aromatic carboxylic acids is 1. The van der Waals surface area contributed by atoms with Crippen molar-refractivity contribution in [3.05, 3.63) is 50.5 Å². The van der Waals surface area contributed by atoms with Gasteiger partial charge in [0.15, 0.2) is 0 Å². The molecule has 2 rings (SSSR count). The molecule has 6 heteroatoms. The highest BCUT2D eigenvalue weighted by Crippen LogP contribution is 2.31. The SMILES string of the molecule is Cc1cc(Sc2ccc(Br)c(C(=O)O)c2)ncc1Br. The van der Waals surface area contributed by atoms with Gasteiger partial charge in [0.2, 0.25) is 0 Å². The van der Waals surface area contributed by atoms with Crippen molar-refractivity contribution in [3.8, 4) is 0 Å². The van der Waals surface area contributed by atoms with Crippen LogP contribution in [0.1, 0.15) is 15.9 Å². The molecule has 3 nitrogen and oxygen atoms in total. The van der Waals surface area contributed by atoms with Crippen LogP contribution in [0.15, 0.2) is 49.3 Å². The Morgan fingerprint density at radius 2 is 2.00 bits per heavy atom. The van der Waals surface area contributed by atoms with Gasteiger partial charge in [0.05, 0.1) is 5.56 Å². The number of halogens is 2. The molecule has 0 aliphatic heterocycles. The summed E-state index contributed by atoms with van der Waals surface area (Å²) >= 11 is 8.06. The second-order valence-corrected chi connectivity index (χ2v) is 6.62. The fourth-order valence-electron chi connectivity index (χ4n) is 1.42. The fourth-order valence-corrected chi connectivity index (χ4v) is 2.95. The third kappa shape index (κ3) is 3.58. The molecule has 0 atom stereocenters. The average molecular weight is 403 g/mol. The van der Waals surface area contributed by atoms with Crippen LogP contribution < -0.4 is 0 Å². The first-order valence-corrected chi connectivity index (χ1v) is 7.70. The molecule has 0 bridgehead atoms. The minimum atomic E-state index is -0.950. The Morgan fingerprint density at radius 3 is 2.63 bits per heavy atom. The standard InChI is InChI=1S/C13H9Br2NO2S/c1-7-4-12(16-6-11(7)15)19-8-2-3-10(14)9(5-8)13(17)18/h2-6H,1H3,(H,17,18). The van der Waals surface area contributed by atoms with Gasteiger partial charge in [-0.2, -0.15) is 0 Å². The molecule has 0 aliphatic carbocycles. The lowest BCUT2D eigenvalue weighted by Crippen LogP contribution is -1.97. The molecular weight excluding hydrogens is 394 g/mol. The monoisotopic (exact) mass is 401 g/mol. The number of hydrogen-bond donors (Lipinski definition) is 1. The molecule has 2 aromatic rings. The van der Waals surface area contributed by atoms with Crippen LogP contribution in [-0.2, 0) is 0 Å². The van der Waals surface area contributed by atoms with Gasteiger partial charge in [0, 0.05) is 20.0 Å². The van der Waals surface area contributed by atoms with Crippen molar-refractivity contribution in [2.75, 3.05) is 0 Å². The van der Waals surface area contributed by atoms with E-state index in [-0.39, 0.29) is 5.56 Å². The topological polar surface area (TPSA) is 50.2 Å². The molecule has 19 heavy (non-hydrogen) atoms. The lowest BCUT2D eigenvalue weighted by molar-refractivity contribution is 0.0695. The Bertz CT molecular complexity index is 647. The highest BCUT2D eigenvalue weighted by Gasteiger charge is 2.10. The number of aryl methyl sites for hydroxylation is 1. The predicted molar refractivity (Wildman–Crippen MR) is 81.9 cm³/mol. The minimum absolute atomic E-state index is 0.249. The maximum absolute atomic E-state index is 11.1. The van der Waals surface area contributed by atoms with Gasteiger partial charge in [-0.3, -0.25) is 0 Å². The molecular formula is C13H9Br2NO2S. The first kappa shape index (κ1) is 14.6. The number of benzene rings is 1. The number of carbonyl (C=O) groups is 1. The van der Waals surface area contributed by atoms with E-state index in [9.17, 15) is 4.79 Å². The maximum Gasteiger partial charge on any atom is 0.336 e. The molecule has 0 saturated carbocycles. The summed E-state index contributed by atoms with van der Waals surface area (Å²) < 4.78 is 1.53. The summed E-state index contributed by atoms with van der Waals surface area (Å²) in [5, 5.41) is 9.91. The summed E-state index contributed by atoms with van der Waals surface area (Å²) in [6.45, 7) is 1.99. The molecule has 1 N–H and O–H groups in total. The van der Waals surface area contributed by atoms with E-state index in [1.807, 2.05) is 19.1 Å². The van der Waals surface area contributed by atoms with Gasteiger partial charge in [-0.05, 0) is 68.6 Å². The molecule has 0 aliphatic rings. The van der Waals surface area contributed by atoms with Crippen molar-refractivity contribution in [2.24, 2.45) is 0 Å². The molecule has 0 spiro atoms. The largest absolute Gasteiger partial charge is 0.478 e. The highest BCUT2D eigenvalue weighted by molar-refractivity contribution is 9.10. The van der Waals surface area contributed by atoms with Gasteiger partial charge in [0.25, 0.3) is 0 Å². The minimum Gasteiger partial charge on any atom is -0.478 e. The molecule has 0 fully saturated rings. The number of carboxylic acid groups (broad SMARTS) is 1. The molecule has 1 aromatic carbocycles. The second kappa shape index (κ2) is 6.07. The van der Waals surface area contributed by atoms with E-state index >= 15 is 0 Å².